The highest BCUT2D eigenvalue weighted by molar-refractivity contribution is 5.91. The lowest BCUT2D eigenvalue weighted by Crippen LogP contribution is -2.06. The summed E-state index contributed by atoms with van der Waals surface area (Å²) in [5.74, 6) is -1.85. The van der Waals surface area contributed by atoms with Gasteiger partial charge in [0.05, 0.1) is 6.61 Å². The molecule has 0 aromatic rings. The van der Waals surface area contributed by atoms with Crippen LogP contribution in [-0.4, -0.2) is 23.7 Å². The largest absolute Gasteiger partial charge is 0.477 e. The highest BCUT2D eigenvalue weighted by atomic mass is 16.5. The zero-order valence-electron chi connectivity index (χ0n) is 12.9. The number of carboxylic acid groups (broad SMARTS) is 1. The topological polar surface area (TPSA) is 111 Å². The first-order valence-corrected chi connectivity index (χ1v) is 6.99. The van der Waals surface area contributed by atoms with Crippen molar-refractivity contribution in [2.75, 3.05) is 6.61 Å². The molecule has 6 heteroatoms. The van der Waals surface area contributed by atoms with Crippen LogP contribution in [0.4, 0.5) is 0 Å². The van der Waals surface area contributed by atoms with Crippen molar-refractivity contribution in [1.29, 1.82) is 10.5 Å². The number of nitrogens with zero attached hydrogens (tertiary/aromatic N) is 2. The molecule has 0 amide bonds. The standard InChI is InChI=1S/C12H19NO2.C4H3NO2/c1-3-4-5-6-7-8-9-15-12(14)11(2)10-13;1-3(2-5)4(6)7/h2-9H2,1H3;1H2,(H,6,7). The van der Waals surface area contributed by atoms with E-state index in [0.29, 0.717) is 6.61 Å². The van der Waals surface area contributed by atoms with Crippen molar-refractivity contribution in [3.05, 3.63) is 24.3 Å². The molecule has 0 atom stereocenters. The fourth-order valence-electron chi connectivity index (χ4n) is 1.23. The second-order valence-electron chi connectivity index (χ2n) is 4.39. The number of hydrogen-bond acceptors (Lipinski definition) is 5. The second-order valence-corrected chi connectivity index (χ2v) is 4.39. The third-order valence-corrected chi connectivity index (χ3v) is 2.51. The number of aliphatic carboxylic acids is 1. The van der Waals surface area contributed by atoms with Crippen molar-refractivity contribution >= 4 is 11.9 Å². The molecule has 120 valence electrons. The zero-order valence-corrected chi connectivity index (χ0v) is 12.9. The summed E-state index contributed by atoms with van der Waals surface area (Å²) in [5, 5.41) is 24.0. The lowest BCUT2D eigenvalue weighted by molar-refractivity contribution is -0.138. The van der Waals surface area contributed by atoms with Crippen LogP contribution in [0.3, 0.4) is 0 Å². The minimum Gasteiger partial charge on any atom is -0.477 e. The molecule has 0 saturated heterocycles. The van der Waals surface area contributed by atoms with Gasteiger partial charge < -0.3 is 9.84 Å². The van der Waals surface area contributed by atoms with Crippen molar-refractivity contribution in [2.24, 2.45) is 0 Å². The molecular formula is C16H22N2O4. The van der Waals surface area contributed by atoms with Crippen LogP contribution in [-0.2, 0) is 14.3 Å². The molecule has 0 rings (SSSR count). The Morgan fingerprint density at radius 2 is 1.50 bits per heavy atom. The van der Waals surface area contributed by atoms with Gasteiger partial charge in [-0.25, -0.2) is 9.59 Å². The number of hydrogen-bond donors (Lipinski definition) is 1. The molecule has 0 unspecified atom stereocenters. The molecule has 0 spiro atoms. The van der Waals surface area contributed by atoms with Crippen LogP contribution >= 0.6 is 0 Å². The van der Waals surface area contributed by atoms with E-state index in [4.69, 9.17) is 20.4 Å². The van der Waals surface area contributed by atoms with E-state index in [-0.39, 0.29) is 5.57 Å². The zero-order chi connectivity index (χ0) is 17.4. The average molecular weight is 306 g/mol. The molecule has 0 aliphatic rings. The van der Waals surface area contributed by atoms with Crippen molar-refractivity contribution in [3.63, 3.8) is 0 Å². The number of ether oxygens (including phenoxy) is 1. The predicted molar refractivity (Wildman–Crippen MR) is 81.5 cm³/mol. The number of nitriles is 2. The minimum absolute atomic E-state index is 0.124. The van der Waals surface area contributed by atoms with Gasteiger partial charge in [-0.2, -0.15) is 10.5 Å². The fraction of sp³-hybridized carbons (Fsp3) is 0.500. The molecular weight excluding hydrogens is 284 g/mol. The van der Waals surface area contributed by atoms with E-state index in [0.717, 1.165) is 12.8 Å². The minimum atomic E-state index is -1.26. The second kappa shape index (κ2) is 14.8. The molecule has 0 aromatic carbocycles. The molecule has 0 aromatic heterocycles. The Morgan fingerprint density at radius 1 is 1.00 bits per heavy atom. The van der Waals surface area contributed by atoms with Gasteiger partial charge in [-0.3, -0.25) is 0 Å². The lowest BCUT2D eigenvalue weighted by Gasteiger charge is -2.02. The van der Waals surface area contributed by atoms with Crippen molar-refractivity contribution in [1.82, 2.24) is 0 Å². The Balaban J connectivity index is 0. The molecule has 0 radical (unpaired) electrons. The van der Waals surface area contributed by atoms with E-state index in [2.05, 4.69) is 20.1 Å². The van der Waals surface area contributed by atoms with Crippen LogP contribution in [0.25, 0.3) is 0 Å². The molecule has 0 heterocycles. The number of unbranched alkanes of at least 4 members (excludes halogenated alkanes) is 5. The first-order chi connectivity index (χ1) is 10.4. The highest BCUT2D eigenvalue weighted by Crippen LogP contribution is 2.05. The van der Waals surface area contributed by atoms with Crippen molar-refractivity contribution in [3.8, 4) is 12.1 Å². The third kappa shape index (κ3) is 13.8. The molecule has 6 nitrogen and oxygen atoms in total. The molecule has 0 bridgehead atoms. The van der Waals surface area contributed by atoms with Gasteiger partial charge in [-0.1, -0.05) is 52.2 Å². The molecule has 0 fully saturated rings. The first kappa shape index (κ1) is 21.7. The van der Waals surface area contributed by atoms with Gasteiger partial charge in [-0.15, -0.1) is 0 Å². The number of rotatable bonds is 9. The van der Waals surface area contributed by atoms with Crippen LogP contribution in [0.15, 0.2) is 24.3 Å². The summed E-state index contributed by atoms with van der Waals surface area (Å²) < 4.78 is 4.84. The van der Waals surface area contributed by atoms with Crippen LogP contribution in [0.5, 0.6) is 0 Å². The van der Waals surface area contributed by atoms with E-state index >= 15 is 0 Å². The van der Waals surface area contributed by atoms with Gasteiger partial charge in [-0.05, 0) is 6.42 Å². The summed E-state index contributed by atoms with van der Waals surface area (Å²) in [4.78, 5) is 20.6. The third-order valence-electron chi connectivity index (χ3n) is 2.51. The van der Waals surface area contributed by atoms with Gasteiger partial charge in [0.25, 0.3) is 0 Å². The number of carbonyl (C=O) groups excluding carboxylic acids is 1. The summed E-state index contributed by atoms with van der Waals surface area (Å²) >= 11 is 0. The molecule has 22 heavy (non-hydrogen) atoms. The molecule has 0 saturated carbocycles. The van der Waals surface area contributed by atoms with E-state index in [1.54, 1.807) is 6.07 Å². The van der Waals surface area contributed by atoms with Crippen LogP contribution < -0.4 is 0 Å². The normalized spacial score (nSPS) is 8.50. The van der Waals surface area contributed by atoms with Crippen LogP contribution in [0.2, 0.25) is 0 Å². The van der Waals surface area contributed by atoms with Gasteiger partial charge in [0, 0.05) is 0 Å². The van der Waals surface area contributed by atoms with Gasteiger partial charge >= 0.3 is 11.9 Å². The maximum atomic E-state index is 11.0. The first-order valence-electron chi connectivity index (χ1n) is 6.99. The Hall–Kier alpha value is -2.60. The summed E-state index contributed by atoms with van der Waals surface area (Å²) in [6.07, 6.45) is 6.88. The Kier molecular flexibility index (Phi) is 14.6. The lowest BCUT2D eigenvalue weighted by atomic mass is 10.1. The highest BCUT2D eigenvalue weighted by Gasteiger charge is 2.05. The Morgan fingerprint density at radius 3 is 1.91 bits per heavy atom. The van der Waals surface area contributed by atoms with Crippen LogP contribution in [0, 0.1) is 22.7 Å². The summed E-state index contributed by atoms with van der Waals surface area (Å²) in [6.45, 7) is 8.76. The van der Waals surface area contributed by atoms with E-state index in [9.17, 15) is 9.59 Å². The quantitative estimate of drug-likeness (QED) is 0.303. The van der Waals surface area contributed by atoms with Crippen molar-refractivity contribution < 1.29 is 19.4 Å². The van der Waals surface area contributed by atoms with Gasteiger partial charge in [0.15, 0.2) is 0 Å². The smallest absolute Gasteiger partial charge is 0.348 e. The van der Waals surface area contributed by atoms with Gasteiger partial charge in [0.2, 0.25) is 0 Å². The Labute approximate surface area is 131 Å². The fourth-order valence-corrected chi connectivity index (χ4v) is 1.23. The molecule has 0 aliphatic heterocycles. The summed E-state index contributed by atoms with van der Waals surface area (Å²) in [6, 6.07) is 3.03. The maximum Gasteiger partial charge on any atom is 0.348 e. The monoisotopic (exact) mass is 306 g/mol. The van der Waals surface area contributed by atoms with E-state index < -0.39 is 17.5 Å². The van der Waals surface area contributed by atoms with Crippen LogP contribution in [0.1, 0.15) is 45.4 Å². The number of carbonyl (C=O) groups is 2. The molecule has 0 aliphatic carbocycles. The molecule has 1 N–H and O–H groups in total. The maximum absolute atomic E-state index is 11.0. The SMILES string of the molecule is C=C(C#N)C(=O)O.C=C(C#N)C(=O)OCCCCCCCC. The summed E-state index contributed by atoms with van der Waals surface area (Å²) in [7, 11) is 0. The Bertz CT molecular complexity index is 470. The summed E-state index contributed by atoms with van der Waals surface area (Å²) in [5.41, 5.74) is -0.555. The van der Waals surface area contributed by atoms with E-state index in [1.807, 2.05) is 0 Å². The van der Waals surface area contributed by atoms with Crippen molar-refractivity contribution in [2.45, 2.75) is 45.4 Å². The number of carboxylic acids is 1. The van der Waals surface area contributed by atoms with Gasteiger partial charge in [0.1, 0.15) is 23.3 Å². The average Bonchev–Trinajstić information content (AvgIpc) is 2.52. The number of esters is 1. The predicted octanol–water partition coefficient (Wildman–Crippen LogP) is 3.12. The van der Waals surface area contributed by atoms with E-state index in [1.165, 1.54) is 31.8 Å².